The summed E-state index contributed by atoms with van der Waals surface area (Å²) in [6.45, 7) is 2.26. The topological polar surface area (TPSA) is 63.2 Å². The number of hydrogen-bond acceptors (Lipinski definition) is 6. The summed E-state index contributed by atoms with van der Waals surface area (Å²) in [5, 5.41) is 0. The minimum Gasteiger partial charge on any atom is -0.496 e. The summed E-state index contributed by atoms with van der Waals surface area (Å²) >= 11 is 0. The summed E-state index contributed by atoms with van der Waals surface area (Å²) in [5.74, 6) is 2.99. The van der Waals surface area contributed by atoms with Gasteiger partial charge in [-0.25, -0.2) is 0 Å². The average Bonchev–Trinajstić information content (AvgIpc) is 3.13. The van der Waals surface area contributed by atoms with E-state index in [1.807, 2.05) is 25.1 Å². The van der Waals surface area contributed by atoms with Gasteiger partial charge in [0, 0.05) is 11.6 Å². The normalized spacial score (nSPS) is 20.2. The van der Waals surface area contributed by atoms with E-state index in [1.165, 1.54) is 7.11 Å². The zero-order valence-electron chi connectivity index (χ0n) is 14.0. The van der Waals surface area contributed by atoms with Crippen LogP contribution in [-0.2, 0) is 0 Å². The second-order valence-corrected chi connectivity index (χ2v) is 5.87. The van der Waals surface area contributed by atoms with Gasteiger partial charge in [-0.05, 0) is 24.6 Å². The molecule has 0 N–H and O–H groups in total. The molecule has 4 rings (SSSR count). The molecule has 0 bridgehead atoms. The highest BCUT2D eigenvalue weighted by Crippen LogP contribution is 2.45. The molecule has 6 nitrogen and oxygen atoms in total. The quantitative estimate of drug-likeness (QED) is 0.792. The molecule has 6 heteroatoms. The Morgan fingerprint density at radius 2 is 1.88 bits per heavy atom. The van der Waals surface area contributed by atoms with Gasteiger partial charge in [0.15, 0.2) is 35.4 Å². The lowest BCUT2D eigenvalue weighted by molar-refractivity contribution is 0.0172. The molecule has 25 heavy (non-hydrogen) atoms. The van der Waals surface area contributed by atoms with Crippen molar-refractivity contribution >= 4 is 6.29 Å². The summed E-state index contributed by atoms with van der Waals surface area (Å²) in [5.41, 5.74) is 1.38. The number of benzene rings is 2. The van der Waals surface area contributed by atoms with Gasteiger partial charge in [-0.2, -0.15) is 0 Å². The monoisotopic (exact) mass is 342 g/mol. The molecular formula is C19H18O6. The Morgan fingerprint density at radius 1 is 1.08 bits per heavy atom. The van der Waals surface area contributed by atoms with E-state index >= 15 is 0 Å². The third-order valence-electron chi connectivity index (χ3n) is 4.42. The van der Waals surface area contributed by atoms with Crippen LogP contribution in [0.5, 0.6) is 28.7 Å². The van der Waals surface area contributed by atoms with E-state index in [4.69, 9.17) is 23.7 Å². The van der Waals surface area contributed by atoms with Crippen molar-refractivity contribution in [2.45, 2.75) is 25.6 Å². The predicted octanol–water partition coefficient (Wildman–Crippen LogP) is 3.53. The minimum atomic E-state index is -0.293. The minimum absolute atomic E-state index is 0.180. The molecular weight excluding hydrogens is 324 g/mol. The van der Waals surface area contributed by atoms with E-state index in [-0.39, 0.29) is 19.0 Å². The number of ether oxygens (including phenoxy) is 5. The van der Waals surface area contributed by atoms with Gasteiger partial charge in [-0.15, -0.1) is 0 Å². The molecule has 0 radical (unpaired) electrons. The maximum absolute atomic E-state index is 11.2. The summed E-state index contributed by atoms with van der Waals surface area (Å²) in [6.07, 6.45) is 1.02. The Hall–Kier alpha value is -2.89. The third-order valence-corrected chi connectivity index (χ3v) is 4.42. The smallest absolute Gasteiger partial charge is 0.231 e. The number of rotatable bonds is 4. The number of carbonyl (C=O) groups excluding carboxylic acids is 1. The molecule has 0 saturated carbocycles. The molecule has 0 aliphatic carbocycles. The largest absolute Gasteiger partial charge is 0.496 e. The molecule has 0 amide bonds. The van der Waals surface area contributed by atoms with Crippen LogP contribution in [0.15, 0.2) is 30.3 Å². The molecule has 0 fully saturated rings. The Morgan fingerprint density at radius 3 is 2.64 bits per heavy atom. The van der Waals surface area contributed by atoms with E-state index < -0.39 is 0 Å². The maximum Gasteiger partial charge on any atom is 0.231 e. The molecule has 0 aromatic heterocycles. The van der Waals surface area contributed by atoms with Crippen LogP contribution < -0.4 is 23.7 Å². The Bertz CT molecular complexity index is 816. The lowest BCUT2D eigenvalue weighted by atomic mass is 10.00. The van der Waals surface area contributed by atoms with Gasteiger partial charge in [0.05, 0.1) is 12.7 Å². The van der Waals surface area contributed by atoms with E-state index in [0.29, 0.717) is 28.6 Å². The first-order valence-electron chi connectivity index (χ1n) is 8.13. The standard InChI is InChI=1S/C19H18O6/c1-3-13-19(11-4-5-14-16(6-11)23-10-22-14)25-18-8-15(21-2)12(9-20)7-17(18)24-13/h4-9,13,19H,3,10H2,1-2H3/t13-,19-/m0/s1. The number of hydrogen-bond donors (Lipinski definition) is 0. The molecule has 130 valence electrons. The summed E-state index contributed by atoms with van der Waals surface area (Å²) < 4.78 is 28.4. The Balaban J connectivity index is 1.72. The van der Waals surface area contributed by atoms with E-state index in [0.717, 1.165) is 24.0 Å². The number of aldehydes is 1. The van der Waals surface area contributed by atoms with E-state index in [9.17, 15) is 4.79 Å². The zero-order valence-corrected chi connectivity index (χ0v) is 14.0. The van der Waals surface area contributed by atoms with Crippen LogP contribution in [0.1, 0.15) is 35.4 Å². The van der Waals surface area contributed by atoms with Crippen molar-refractivity contribution in [3.63, 3.8) is 0 Å². The van der Waals surface area contributed by atoms with Crippen molar-refractivity contribution in [1.29, 1.82) is 0 Å². The fourth-order valence-electron chi connectivity index (χ4n) is 3.12. The van der Waals surface area contributed by atoms with Crippen molar-refractivity contribution in [1.82, 2.24) is 0 Å². The van der Waals surface area contributed by atoms with Crippen LogP contribution in [-0.4, -0.2) is 26.3 Å². The summed E-state index contributed by atoms with van der Waals surface area (Å²) in [4.78, 5) is 11.2. The fourth-order valence-corrected chi connectivity index (χ4v) is 3.12. The highest BCUT2D eigenvalue weighted by atomic mass is 16.7. The third kappa shape index (κ3) is 2.63. The van der Waals surface area contributed by atoms with Crippen molar-refractivity contribution < 1.29 is 28.5 Å². The fraction of sp³-hybridized carbons (Fsp3) is 0.316. The Labute approximate surface area is 145 Å². The molecule has 2 aliphatic heterocycles. The highest BCUT2D eigenvalue weighted by Gasteiger charge is 2.33. The van der Waals surface area contributed by atoms with Crippen LogP contribution in [0.25, 0.3) is 0 Å². The summed E-state index contributed by atoms with van der Waals surface area (Å²) in [7, 11) is 1.52. The summed E-state index contributed by atoms with van der Waals surface area (Å²) in [6, 6.07) is 9.08. The lowest BCUT2D eigenvalue weighted by Crippen LogP contribution is -2.32. The lowest BCUT2D eigenvalue weighted by Gasteiger charge is -2.34. The maximum atomic E-state index is 11.2. The Kier molecular flexibility index (Phi) is 3.87. The first-order valence-corrected chi connectivity index (χ1v) is 8.13. The van der Waals surface area contributed by atoms with Crippen LogP contribution >= 0.6 is 0 Å². The second kappa shape index (κ2) is 6.20. The van der Waals surface area contributed by atoms with Crippen molar-refractivity contribution in [2.24, 2.45) is 0 Å². The van der Waals surface area contributed by atoms with Crippen molar-refractivity contribution in [2.75, 3.05) is 13.9 Å². The van der Waals surface area contributed by atoms with Crippen LogP contribution in [0.4, 0.5) is 0 Å². The van der Waals surface area contributed by atoms with Gasteiger partial charge in [0.2, 0.25) is 6.79 Å². The molecule has 0 unspecified atom stereocenters. The molecule has 0 spiro atoms. The first-order chi connectivity index (χ1) is 12.2. The predicted molar refractivity (Wildman–Crippen MR) is 89.0 cm³/mol. The zero-order chi connectivity index (χ0) is 17.4. The van der Waals surface area contributed by atoms with Crippen LogP contribution in [0, 0.1) is 0 Å². The first kappa shape index (κ1) is 15.6. The average molecular weight is 342 g/mol. The molecule has 2 heterocycles. The molecule has 2 aromatic rings. The molecule has 0 saturated heterocycles. The highest BCUT2D eigenvalue weighted by molar-refractivity contribution is 5.81. The van der Waals surface area contributed by atoms with Gasteiger partial charge in [-0.1, -0.05) is 13.0 Å². The SMILES string of the molecule is CC[C@@H]1Oc2cc(C=O)c(OC)cc2O[C@H]1c1ccc2c(c1)OCO2. The van der Waals surface area contributed by atoms with Gasteiger partial charge in [-0.3, -0.25) is 4.79 Å². The second-order valence-electron chi connectivity index (χ2n) is 5.87. The van der Waals surface area contributed by atoms with E-state index in [2.05, 4.69) is 0 Å². The van der Waals surface area contributed by atoms with Gasteiger partial charge in [0.25, 0.3) is 0 Å². The molecule has 2 aromatic carbocycles. The number of methoxy groups -OCH3 is 1. The van der Waals surface area contributed by atoms with Gasteiger partial charge in [0.1, 0.15) is 11.9 Å². The molecule has 2 atom stereocenters. The van der Waals surface area contributed by atoms with Gasteiger partial charge < -0.3 is 23.7 Å². The number of fused-ring (bicyclic) bond motifs is 2. The number of carbonyl (C=O) groups is 1. The van der Waals surface area contributed by atoms with Crippen LogP contribution in [0.3, 0.4) is 0 Å². The van der Waals surface area contributed by atoms with Crippen LogP contribution in [0.2, 0.25) is 0 Å². The van der Waals surface area contributed by atoms with Gasteiger partial charge >= 0.3 is 0 Å². The molecule has 2 aliphatic rings. The van der Waals surface area contributed by atoms with Crippen molar-refractivity contribution in [3.8, 4) is 28.7 Å². The van der Waals surface area contributed by atoms with E-state index in [1.54, 1.807) is 12.1 Å². The van der Waals surface area contributed by atoms with Crippen molar-refractivity contribution in [3.05, 3.63) is 41.5 Å².